The Kier molecular flexibility index (Phi) is 7.38. The van der Waals surface area contributed by atoms with Crippen LogP contribution in [0.4, 0.5) is 8.78 Å². The zero-order valence-electron chi connectivity index (χ0n) is 20.5. The van der Waals surface area contributed by atoms with E-state index in [1.165, 1.54) is 6.07 Å². The first-order chi connectivity index (χ1) is 17.9. The number of rotatable bonds is 10. The normalized spacial score (nSPS) is 18.0. The van der Waals surface area contributed by atoms with Gasteiger partial charge in [-0.05, 0) is 49.9 Å². The largest absolute Gasteiger partial charge is 0.489 e. The van der Waals surface area contributed by atoms with Gasteiger partial charge < -0.3 is 29.7 Å². The van der Waals surface area contributed by atoms with Gasteiger partial charge in [0.25, 0.3) is 5.91 Å². The van der Waals surface area contributed by atoms with Gasteiger partial charge in [-0.25, -0.2) is 13.8 Å². The van der Waals surface area contributed by atoms with Crippen molar-refractivity contribution >= 4 is 5.91 Å². The molecule has 1 aliphatic heterocycles. The van der Waals surface area contributed by atoms with Crippen molar-refractivity contribution < 1.29 is 32.2 Å². The van der Waals surface area contributed by atoms with Gasteiger partial charge in [0.15, 0.2) is 23.0 Å². The predicted molar refractivity (Wildman–Crippen MR) is 130 cm³/mol. The zero-order valence-corrected chi connectivity index (χ0v) is 20.5. The van der Waals surface area contributed by atoms with Crippen LogP contribution in [0.25, 0.3) is 11.5 Å². The molecule has 0 radical (unpaired) electrons. The van der Waals surface area contributed by atoms with Crippen molar-refractivity contribution in [3.05, 3.63) is 65.1 Å². The van der Waals surface area contributed by atoms with Crippen molar-refractivity contribution in [1.82, 2.24) is 10.3 Å². The molecule has 1 saturated heterocycles. The maximum Gasteiger partial charge on any atom is 0.273 e. The lowest BCUT2D eigenvalue weighted by molar-refractivity contribution is 0.0943. The minimum Gasteiger partial charge on any atom is -0.489 e. The number of nitrogens with two attached hydrogens (primary N) is 1. The molecule has 1 unspecified atom stereocenters. The van der Waals surface area contributed by atoms with E-state index in [0.717, 1.165) is 31.4 Å². The summed E-state index contributed by atoms with van der Waals surface area (Å²) in [6.45, 7) is 3.30. The third kappa shape index (κ3) is 6.08. The molecule has 2 fully saturated rings. The second-order valence-corrected chi connectivity index (χ2v) is 9.46. The second-order valence-electron chi connectivity index (χ2n) is 9.46. The number of nitrogens with one attached hydrogen (secondary N) is 1. The van der Waals surface area contributed by atoms with Gasteiger partial charge >= 0.3 is 0 Å². The van der Waals surface area contributed by atoms with E-state index in [2.05, 4.69) is 10.3 Å². The number of amides is 1. The highest BCUT2D eigenvalue weighted by molar-refractivity contribution is 5.94. The number of ether oxygens (including phenoxy) is 3. The molecule has 1 aromatic heterocycles. The number of hydrogen-bond donors (Lipinski definition) is 2. The van der Waals surface area contributed by atoms with Gasteiger partial charge in [0.05, 0.1) is 25.9 Å². The molecular formula is C27H29F2N3O5. The summed E-state index contributed by atoms with van der Waals surface area (Å²) in [5.74, 6) is 0.0674. The van der Waals surface area contributed by atoms with Crippen LogP contribution in [0.15, 0.2) is 40.8 Å². The van der Waals surface area contributed by atoms with Crippen molar-refractivity contribution in [2.45, 2.75) is 44.9 Å². The Labute approximate surface area is 213 Å². The van der Waals surface area contributed by atoms with E-state index < -0.39 is 23.6 Å². The molecule has 3 aromatic rings. The van der Waals surface area contributed by atoms with Crippen LogP contribution >= 0.6 is 0 Å². The Balaban J connectivity index is 1.38. The molecule has 8 nitrogen and oxygen atoms in total. The highest BCUT2D eigenvalue weighted by Crippen LogP contribution is 2.37. The summed E-state index contributed by atoms with van der Waals surface area (Å²) < 4.78 is 50.6. The Hall–Kier alpha value is -3.50. The molecule has 196 valence electrons. The van der Waals surface area contributed by atoms with E-state index in [1.54, 1.807) is 25.1 Å². The molecule has 0 spiro atoms. The standard InChI is InChI=1S/C27H29F2N3O5/c1-15(30)25-24(26(33)31-12-18-4-6-19(28)11-21(18)29)32-27(37-25)17-5-7-22(36-20-8-9-34-14-20)23(10-17)35-13-16-2-3-16/h4-7,10-11,15-16,20H,2-3,8-9,12-14,30H2,1H3,(H,31,33)/t15-,20?/m0/s1. The van der Waals surface area contributed by atoms with E-state index in [1.807, 2.05) is 0 Å². The molecule has 2 atom stereocenters. The van der Waals surface area contributed by atoms with Gasteiger partial charge in [-0.15, -0.1) is 0 Å². The molecule has 2 aliphatic rings. The average molecular weight is 514 g/mol. The maximum atomic E-state index is 14.0. The lowest BCUT2D eigenvalue weighted by Gasteiger charge is -2.16. The summed E-state index contributed by atoms with van der Waals surface area (Å²) in [5, 5.41) is 2.60. The van der Waals surface area contributed by atoms with Crippen molar-refractivity contribution in [2.24, 2.45) is 11.7 Å². The number of benzene rings is 2. The van der Waals surface area contributed by atoms with Gasteiger partial charge in [0.1, 0.15) is 17.7 Å². The third-order valence-electron chi connectivity index (χ3n) is 6.28. The fraction of sp³-hybridized carbons (Fsp3) is 0.407. The molecule has 2 heterocycles. The minimum atomic E-state index is -0.751. The second kappa shape index (κ2) is 10.9. The molecule has 1 aliphatic carbocycles. The quantitative estimate of drug-likeness (QED) is 0.410. The molecule has 37 heavy (non-hydrogen) atoms. The van der Waals surface area contributed by atoms with E-state index in [4.69, 9.17) is 24.4 Å². The van der Waals surface area contributed by atoms with Crippen LogP contribution in [0.3, 0.4) is 0 Å². The topological polar surface area (TPSA) is 109 Å². The van der Waals surface area contributed by atoms with Gasteiger partial charge in [-0.3, -0.25) is 4.79 Å². The summed E-state index contributed by atoms with van der Waals surface area (Å²) in [7, 11) is 0. The van der Waals surface area contributed by atoms with Crippen molar-refractivity contribution in [1.29, 1.82) is 0 Å². The van der Waals surface area contributed by atoms with Crippen LogP contribution in [-0.2, 0) is 11.3 Å². The summed E-state index contributed by atoms with van der Waals surface area (Å²) in [6, 6.07) is 7.89. The van der Waals surface area contributed by atoms with Crippen LogP contribution < -0.4 is 20.5 Å². The summed E-state index contributed by atoms with van der Waals surface area (Å²) >= 11 is 0. The molecule has 10 heteroatoms. The van der Waals surface area contributed by atoms with Crippen molar-refractivity contribution in [2.75, 3.05) is 19.8 Å². The molecule has 0 bridgehead atoms. The third-order valence-corrected chi connectivity index (χ3v) is 6.28. The Bertz CT molecular complexity index is 1270. The molecule has 2 aromatic carbocycles. The fourth-order valence-corrected chi connectivity index (χ4v) is 3.98. The van der Waals surface area contributed by atoms with Gasteiger partial charge in [-0.2, -0.15) is 0 Å². The van der Waals surface area contributed by atoms with Crippen LogP contribution in [-0.4, -0.2) is 36.8 Å². The highest BCUT2D eigenvalue weighted by Gasteiger charge is 2.26. The van der Waals surface area contributed by atoms with E-state index in [9.17, 15) is 13.6 Å². The lowest BCUT2D eigenvalue weighted by atomic mass is 10.2. The van der Waals surface area contributed by atoms with Crippen LogP contribution in [0.1, 0.15) is 54.0 Å². The summed E-state index contributed by atoms with van der Waals surface area (Å²) in [4.78, 5) is 17.3. The molecule has 1 saturated carbocycles. The van der Waals surface area contributed by atoms with Crippen molar-refractivity contribution in [3.63, 3.8) is 0 Å². The van der Waals surface area contributed by atoms with Crippen LogP contribution in [0.2, 0.25) is 0 Å². The summed E-state index contributed by atoms with van der Waals surface area (Å²) in [5.41, 5.74) is 6.78. The monoisotopic (exact) mass is 513 g/mol. The zero-order chi connectivity index (χ0) is 25.9. The van der Waals surface area contributed by atoms with Crippen LogP contribution in [0.5, 0.6) is 11.5 Å². The number of nitrogens with zero attached hydrogens (tertiary/aromatic N) is 1. The lowest BCUT2D eigenvalue weighted by Crippen LogP contribution is -2.25. The Morgan fingerprint density at radius 3 is 2.73 bits per heavy atom. The average Bonchev–Trinajstić information content (AvgIpc) is 3.35. The Morgan fingerprint density at radius 2 is 2.03 bits per heavy atom. The SMILES string of the molecule is C[C@H](N)c1oc(-c2ccc(OC3CCOC3)c(OCC3CC3)c2)nc1C(=O)NCc1ccc(F)cc1F. The van der Waals surface area contributed by atoms with Gasteiger partial charge in [-0.1, -0.05) is 6.07 Å². The van der Waals surface area contributed by atoms with Gasteiger partial charge in [0.2, 0.25) is 5.89 Å². The number of hydrogen-bond acceptors (Lipinski definition) is 7. The van der Waals surface area contributed by atoms with Crippen LogP contribution in [0, 0.1) is 17.6 Å². The number of carbonyl (C=O) groups excluding carboxylic acids is 1. The van der Waals surface area contributed by atoms with E-state index >= 15 is 0 Å². The predicted octanol–water partition coefficient (Wildman–Crippen LogP) is 4.53. The van der Waals surface area contributed by atoms with Crippen molar-refractivity contribution in [3.8, 4) is 23.0 Å². The first-order valence-corrected chi connectivity index (χ1v) is 12.4. The fourth-order valence-electron chi connectivity index (χ4n) is 3.98. The minimum absolute atomic E-state index is 0.00333. The summed E-state index contributed by atoms with van der Waals surface area (Å²) in [6.07, 6.45) is 3.05. The van der Waals surface area contributed by atoms with E-state index in [-0.39, 0.29) is 35.6 Å². The molecular weight excluding hydrogens is 484 g/mol. The molecule has 1 amide bonds. The maximum absolute atomic E-state index is 14.0. The smallest absolute Gasteiger partial charge is 0.273 e. The number of oxazole rings is 1. The number of halogens is 2. The molecule has 5 rings (SSSR count). The number of aromatic nitrogens is 1. The Morgan fingerprint density at radius 1 is 1.19 bits per heavy atom. The first-order valence-electron chi connectivity index (χ1n) is 12.4. The highest BCUT2D eigenvalue weighted by atomic mass is 19.1. The van der Waals surface area contributed by atoms with E-state index in [0.29, 0.717) is 42.8 Å². The number of carbonyl (C=O) groups is 1. The van der Waals surface area contributed by atoms with Gasteiger partial charge in [0, 0.05) is 30.2 Å². The first kappa shape index (κ1) is 25.2. The molecule has 3 N–H and O–H groups in total.